The van der Waals surface area contributed by atoms with Gasteiger partial charge < -0.3 is 0 Å². The van der Waals surface area contributed by atoms with Crippen molar-refractivity contribution in [3.8, 4) is 0 Å². The van der Waals surface area contributed by atoms with Crippen molar-refractivity contribution in [2.24, 2.45) is 0 Å². The summed E-state index contributed by atoms with van der Waals surface area (Å²) in [4.78, 5) is -0.226. The van der Waals surface area contributed by atoms with E-state index in [9.17, 15) is 26.0 Å². The molecule has 0 bridgehead atoms. The molecule has 22 heavy (non-hydrogen) atoms. The minimum atomic E-state index is -4.50. The molecule has 0 saturated heterocycles. The summed E-state index contributed by atoms with van der Waals surface area (Å²) in [6.45, 7) is 0. The minimum Gasteiger partial charge on any atom is -0.216 e. The summed E-state index contributed by atoms with van der Waals surface area (Å²) >= 11 is 0. The zero-order valence-electron chi connectivity index (χ0n) is 11.0. The number of benzene rings is 2. The van der Waals surface area contributed by atoms with Crippen LogP contribution in [-0.2, 0) is 16.0 Å². The molecule has 0 atom stereocenters. The Bertz CT molecular complexity index is 777. The monoisotopic (exact) mass is 330 g/mol. The summed E-state index contributed by atoms with van der Waals surface area (Å²) in [6, 6.07) is 10.5. The summed E-state index contributed by atoms with van der Waals surface area (Å²) in [5, 5.41) is -1.43. The van der Waals surface area contributed by atoms with Gasteiger partial charge in [-0.1, -0.05) is 30.3 Å². The van der Waals surface area contributed by atoms with E-state index < -0.39 is 26.7 Å². The van der Waals surface area contributed by atoms with Crippen LogP contribution in [0, 0.1) is 0 Å². The maximum absolute atomic E-state index is 13.9. The highest BCUT2D eigenvalue weighted by Gasteiger charge is 2.30. The first-order chi connectivity index (χ1) is 10.2. The largest absolute Gasteiger partial charge is 0.416 e. The van der Waals surface area contributed by atoms with Gasteiger partial charge in [0.05, 0.1) is 10.5 Å². The summed E-state index contributed by atoms with van der Waals surface area (Å²) in [7, 11) is -4.30. The van der Waals surface area contributed by atoms with Crippen LogP contribution >= 0.6 is 0 Å². The Balaban J connectivity index is 2.33. The van der Waals surface area contributed by atoms with Gasteiger partial charge in [-0.05, 0) is 35.9 Å². The van der Waals surface area contributed by atoms with Crippen molar-refractivity contribution in [3.63, 3.8) is 0 Å². The van der Waals surface area contributed by atoms with E-state index in [2.05, 4.69) is 0 Å². The molecule has 7 heteroatoms. The van der Waals surface area contributed by atoms with Gasteiger partial charge in [0.15, 0.2) is 0 Å². The van der Waals surface area contributed by atoms with Gasteiger partial charge in [-0.3, -0.25) is 0 Å². The van der Waals surface area contributed by atoms with Gasteiger partial charge in [0.1, 0.15) is 0 Å². The van der Waals surface area contributed by atoms with Crippen LogP contribution in [0.3, 0.4) is 0 Å². The molecule has 2 aromatic carbocycles. The first kappa shape index (κ1) is 16.2. The third-order valence-corrected chi connectivity index (χ3v) is 4.35. The lowest BCUT2D eigenvalue weighted by Crippen LogP contribution is -2.04. The van der Waals surface area contributed by atoms with E-state index in [0.717, 1.165) is 24.3 Å². The van der Waals surface area contributed by atoms with E-state index in [-0.39, 0.29) is 10.5 Å². The fourth-order valence-electron chi connectivity index (χ4n) is 1.69. The Morgan fingerprint density at radius 1 is 0.909 bits per heavy atom. The predicted octanol–water partition coefficient (Wildman–Crippen LogP) is 4.45. The van der Waals surface area contributed by atoms with Crippen LogP contribution in [-0.4, -0.2) is 8.42 Å². The molecule has 2 nitrogen and oxygen atoms in total. The zero-order valence-corrected chi connectivity index (χ0v) is 11.8. The molecular weight excluding hydrogens is 320 g/mol. The topological polar surface area (TPSA) is 34.1 Å². The SMILES string of the molecule is O=S(=O)(/C(F)=C/c1ccc(C(F)(F)F)cc1)c1ccccc1. The fraction of sp³-hybridized carbons (Fsp3) is 0.0667. The predicted molar refractivity (Wildman–Crippen MR) is 74.2 cm³/mol. The second-order valence-corrected chi connectivity index (χ2v) is 6.25. The molecule has 0 aliphatic rings. The molecule has 0 heterocycles. The lowest BCUT2D eigenvalue weighted by molar-refractivity contribution is -0.137. The van der Waals surface area contributed by atoms with E-state index in [4.69, 9.17) is 0 Å². The maximum Gasteiger partial charge on any atom is 0.416 e. The number of hydrogen-bond acceptors (Lipinski definition) is 2. The van der Waals surface area contributed by atoms with Gasteiger partial charge in [0, 0.05) is 0 Å². The standard InChI is InChI=1S/C15H10F4O2S/c16-14(22(20,21)13-4-2-1-3-5-13)10-11-6-8-12(9-7-11)15(17,18)19/h1-10H/b14-10+. The highest BCUT2D eigenvalue weighted by atomic mass is 32.2. The fourth-order valence-corrected chi connectivity index (χ4v) is 2.72. The van der Waals surface area contributed by atoms with Crippen molar-refractivity contribution in [2.45, 2.75) is 11.1 Å². The molecular formula is C15H10F4O2S. The van der Waals surface area contributed by atoms with Crippen LogP contribution in [0.1, 0.15) is 11.1 Å². The van der Waals surface area contributed by atoms with Crippen molar-refractivity contribution >= 4 is 15.9 Å². The van der Waals surface area contributed by atoms with E-state index in [1.807, 2.05) is 0 Å². The van der Waals surface area contributed by atoms with E-state index in [1.54, 1.807) is 6.07 Å². The van der Waals surface area contributed by atoms with Gasteiger partial charge in [0.2, 0.25) is 15.0 Å². The van der Waals surface area contributed by atoms with Gasteiger partial charge in [-0.2, -0.15) is 17.6 Å². The van der Waals surface area contributed by atoms with E-state index in [0.29, 0.717) is 6.08 Å². The Morgan fingerprint density at radius 3 is 1.95 bits per heavy atom. The van der Waals surface area contributed by atoms with Gasteiger partial charge in [0.25, 0.3) is 0 Å². The molecule has 2 aromatic rings. The van der Waals surface area contributed by atoms with Crippen molar-refractivity contribution < 1.29 is 26.0 Å². The van der Waals surface area contributed by atoms with Crippen molar-refractivity contribution in [1.82, 2.24) is 0 Å². The van der Waals surface area contributed by atoms with Crippen molar-refractivity contribution in [1.29, 1.82) is 0 Å². The minimum absolute atomic E-state index is 0.0185. The molecule has 2 rings (SSSR count). The molecule has 0 spiro atoms. The molecule has 0 unspecified atom stereocenters. The Hall–Kier alpha value is -2.15. The molecule has 0 aliphatic carbocycles. The third kappa shape index (κ3) is 3.54. The second-order valence-electron chi connectivity index (χ2n) is 4.38. The number of halogens is 4. The Morgan fingerprint density at radius 2 is 1.45 bits per heavy atom. The quantitative estimate of drug-likeness (QED) is 0.779. The molecule has 0 N–H and O–H groups in total. The lowest BCUT2D eigenvalue weighted by Gasteiger charge is -2.06. The summed E-state index contributed by atoms with van der Waals surface area (Å²) in [5.74, 6) is 0. The number of rotatable bonds is 3. The van der Waals surface area contributed by atoms with Crippen LogP contribution in [0.2, 0.25) is 0 Å². The summed E-state index contributed by atoms with van der Waals surface area (Å²) < 4.78 is 75.0. The highest BCUT2D eigenvalue weighted by molar-refractivity contribution is 7.95. The molecule has 116 valence electrons. The number of alkyl halides is 3. The van der Waals surface area contributed by atoms with E-state index in [1.165, 1.54) is 24.3 Å². The third-order valence-electron chi connectivity index (χ3n) is 2.83. The van der Waals surface area contributed by atoms with Crippen LogP contribution in [0.4, 0.5) is 17.6 Å². The lowest BCUT2D eigenvalue weighted by atomic mass is 10.1. The average molecular weight is 330 g/mol. The normalized spacial score (nSPS) is 13.2. The second kappa shape index (κ2) is 5.92. The molecule has 0 saturated carbocycles. The van der Waals surface area contributed by atoms with E-state index >= 15 is 0 Å². The first-order valence-corrected chi connectivity index (χ1v) is 7.54. The first-order valence-electron chi connectivity index (χ1n) is 6.06. The molecule has 0 aliphatic heterocycles. The van der Waals surface area contributed by atoms with Gasteiger partial charge >= 0.3 is 6.18 Å². The van der Waals surface area contributed by atoms with Crippen LogP contribution in [0.15, 0.2) is 64.7 Å². The Labute approximate surface area is 124 Å². The summed E-state index contributed by atoms with van der Waals surface area (Å²) in [6.07, 6.45) is -3.82. The average Bonchev–Trinajstić information content (AvgIpc) is 2.47. The molecule has 0 radical (unpaired) electrons. The highest BCUT2D eigenvalue weighted by Crippen LogP contribution is 2.30. The smallest absolute Gasteiger partial charge is 0.216 e. The molecule has 0 amide bonds. The zero-order chi connectivity index (χ0) is 16.4. The Kier molecular flexibility index (Phi) is 4.37. The van der Waals surface area contributed by atoms with Crippen molar-refractivity contribution in [2.75, 3.05) is 0 Å². The van der Waals surface area contributed by atoms with Crippen LogP contribution in [0.25, 0.3) is 6.08 Å². The summed E-state index contributed by atoms with van der Waals surface area (Å²) in [5.41, 5.74) is -0.874. The van der Waals surface area contributed by atoms with Crippen LogP contribution in [0.5, 0.6) is 0 Å². The number of sulfone groups is 1. The maximum atomic E-state index is 13.9. The van der Waals surface area contributed by atoms with Crippen LogP contribution < -0.4 is 0 Å². The molecule has 0 aromatic heterocycles. The van der Waals surface area contributed by atoms with Gasteiger partial charge in [-0.15, -0.1) is 0 Å². The van der Waals surface area contributed by atoms with Gasteiger partial charge in [-0.25, -0.2) is 8.42 Å². The number of hydrogen-bond donors (Lipinski definition) is 0. The molecule has 0 fully saturated rings. The van der Waals surface area contributed by atoms with Crippen molar-refractivity contribution in [3.05, 3.63) is 70.9 Å².